The molecule has 0 aliphatic heterocycles. The van der Waals surface area contributed by atoms with Crippen LogP contribution in [0.5, 0.6) is 0 Å². The zero-order valence-corrected chi connectivity index (χ0v) is 12.8. The number of halogens is 3. The first-order chi connectivity index (χ1) is 8.08. The first-order valence-electron chi connectivity index (χ1n) is 5.01. The van der Waals surface area contributed by atoms with Crippen LogP contribution in [0.15, 0.2) is 38.6 Å². The highest BCUT2D eigenvalue weighted by atomic mass is 79.9. The van der Waals surface area contributed by atoms with Crippen LogP contribution < -0.4 is 5.73 Å². The fraction of sp³-hybridized carbons (Fsp3) is 0.167. The Labute approximate surface area is 120 Å². The number of hydrogen-bond donors (Lipinski definition) is 1. The number of hydrogen-bond acceptors (Lipinski definition) is 2. The van der Waals surface area contributed by atoms with Crippen molar-refractivity contribution in [1.29, 1.82) is 0 Å². The maximum absolute atomic E-state index is 13.4. The molecule has 0 aliphatic carbocycles. The second kappa shape index (κ2) is 5.61. The third-order valence-electron chi connectivity index (χ3n) is 2.43. The van der Waals surface area contributed by atoms with Crippen LogP contribution in [0.1, 0.15) is 16.5 Å². The Morgan fingerprint density at radius 3 is 2.65 bits per heavy atom. The van der Waals surface area contributed by atoms with Crippen LogP contribution in [0.2, 0.25) is 0 Å². The lowest BCUT2D eigenvalue weighted by atomic mass is 10.0. The van der Waals surface area contributed by atoms with Crippen molar-refractivity contribution < 1.29 is 4.39 Å². The van der Waals surface area contributed by atoms with Crippen molar-refractivity contribution in [3.05, 3.63) is 54.8 Å². The van der Waals surface area contributed by atoms with E-state index < -0.39 is 0 Å². The van der Waals surface area contributed by atoms with Gasteiger partial charge in [-0.15, -0.1) is 11.3 Å². The van der Waals surface area contributed by atoms with E-state index in [0.29, 0.717) is 10.9 Å². The van der Waals surface area contributed by atoms with Crippen LogP contribution >= 0.6 is 43.2 Å². The summed E-state index contributed by atoms with van der Waals surface area (Å²) in [5.74, 6) is -0.273. The number of rotatable bonds is 3. The summed E-state index contributed by atoms with van der Waals surface area (Å²) < 4.78 is 14.9. The molecule has 0 saturated carbocycles. The highest BCUT2D eigenvalue weighted by Gasteiger charge is 2.14. The summed E-state index contributed by atoms with van der Waals surface area (Å²) in [6.45, 7) is 0. The van der Waals surface area contributed by atoms with Crippen molar-refractivity contribution in [2.45, 2.75) is 12.5 Å². The molecule has 17 heavy (non-hydrogen) atoms. The van der Waals surface area contributed by atoms with E-state index in [1.165, 1.54) is 10.9 Å². The van der Waals surface area contributed by atoms with Gasteiger partial charge in [-0.05, 0) is 55.6 Å². The minimum absolute atomic E-state index is 0.203. The first-order valence-corrected chi connectivity index (χ1v) is 7.42. The highest BCUT2D eigenvalue weighted by molar-refractivity contribution is 9.11. The van der Waals surface area contributed by atoms with E-state index in [9.17, 15) is 4.39 Å². The standard InChI is InChI=1S/C12H10Br2FNS/c13-11-5-4-7(17-11)6-10(16)8-2-1-3-9(15)12(8)14/h1-5,10H,6,16H2. The lowest BCUT2D eigenvalue weighted by Gasteiger charge is -2.13. The van der Waals surface area contributed by atoms with Gasteiger partial charge in [0.2, 0.25) is 0 Å². The largest absolute Gasteiger partial charge is 0.324 e. The summed E-state index contributed by atoms with van der Waals surface area (Å²) in [4.78, 5) is 1.18. The molecule has 2 rings (SSSR count). The Hall–Kier alpha value is -0.230. The van der Waals surface area contributed by atoms with Gasteiger partial charge in [-0.25, -0.2) is 4.39 Å². The van der Waals surface area contributed by atoms with Crippen LogP contribution in [-0.4, -0.2) is 0 Å². The van der Waals surface area contributed by atoms with E-state index >= 15 is 0 Å². The Kier molecular flexibility index (Phi) is 4.36. The molecule has 0 saturated heterocycles. The Bertz CT molecular complexity index is 527. The molecule has 2 aromatic rings. The van der Waals surface area contributed by atoms with E-state index in [1.807, 2.05) is 18.2 Å². The smallest absolute Gasteiger partial charge is 0.137 e. The van der Waals surface area contributed by atoms with E-state index in [2.05, 4.69) is 31.9 Å². The summed E-state index contributed by atoms with van der Waals surface area (Å²) in [7, 11) is 0. The average Bonchev–Trinajstić information content (AvgIpc) is 2.68. The number of nitrogens with two attached hydrogens (primary N) is 1. The molecule has 0 radical (unpaired) electrons. The van der Waals surface area contributed by atoms with E-state index in [0.717, 1.165) is 9.35 Å². The maximum Gasteiger partial charge on any atom is 0.137 e. The second-order valence-electron chi connectivity index (χ2n) is 3.66. The Balaban J connectivity index is 2.20. The van der Waals surface area contributed by atoms with Crippen LogP contribution in [0.3, 0.4) is 0 Å². The van der Waals surface area contributed by atoms with Crippen molar-refractivity contribution in [3.8, 4) is 0 Å². The number of benzene rings is 1. The van der Waals surface area contributed by atoms with Crippen molar-refractivity contribution in [2.24, 2.45) is 5.73 Å². The summed E-state index contributed by atoms with van der Waals surface area (Å²) in [5, 5.41) is 0. The minimum atomic E-state index is -0.273. The van der Waals surface area contributed by atoms with Crippen molar-refractivity contribution in [2.75, 3.05) is 0 Å². The molecule has 0 aliphatic rings. The number of thiophene rings is 1. The minimum Gasteiger partial charge on any atom is -0.324 e. The molecule has 1 heterocycles. The summed E-state index contributed by atoms with van der Waals surface area (Å²) >= 11 is 8.30. The second-order valence-corrected chi connectivity index (χ2v) is 7.00. The monoisotopic (exact) mass is 377 g/mol. The van der Waals surface area contributed by atoms with Crippen LogP contribution in [-0.2, 0) is 6.42 Å². The molecule has 1 nitrogen and oxygen atoms in total. The first kappa shape index (κ1) is 13.2. The fourth-order valence-corrected chi connectivity index (χ4v) is 3.69. The molecule has 90 valence electrons. The molecule has 1 unspecified atom stereocenters. The molecule has 1 aromatic heterocycles. The molecule has 0 fully saturated rings. The normalized spacial score (nSPS) is 12.7. The zero-order chi connectivity index (χ0) is 12.4. The molecule has 1 atom stereocenters. The Morgan fingerprint density at radius 1 is 1.24 bits per heavy atom. The molecule has 1 aromatic carbocycles. The van der Waals surface area contributed by atoms with E-state index in [1.54, 1.807) is 17.4 Å². The van der Waals surface area contributed by atoms with Crippen LogP contribution in [0.25, 0.3) is 0 Å². The summed E-state index contributed by atoms with van der Waals surface area (Å²) in [6, 6.07) is 8.77. The van der Waals surface area contributed by atoms with Gasteiger partial charge in [0.05, 0.1) is 8.26 Å². The van der Waals surface area contributed by atoms with Crippen molar-refractivity contribution >= 4 is 43.2 Å². The van der Waals surface area contributed by atoms with Gasteiger partial charge in [0.15, 0.2) is 0 Å². The summed E-state index contributed by atoms with van der Waals surface area (Å²) in [5.41, 5.74) is 6.90. The third kappa shape index (κ3) is 3.16. The maximum atomic E-state index is 13.4. The third-order valence-corrected chi connectivity index (χ3v) is 4.91. The molecular formula is C12H10Br2FNS. The molecule has 0 bridgehead atoms. The molecular weight excluding hydrogens is 369 g/mol. The van der Waals surface area contributed by atoms with Gasteiger partial charge in [0.1, 0.15) is 5.82 Å². The molecule has 0 amide bonds. The van der Waals surface area contributed by atoms with Gasteiger partial charge in [-0.3, -0.25) is 0 Å². The zero-order valence-electron chi connectivity index (χ0n) is 8.79. The van der Waals surface area contributed by atoms with E-state index in [-0.39, 0.29) is 11.9 Å². The lowest BCUT2D eigenvalue weighted by Crippen LogP contribution is -2.13. The lowest BCUT2D eigenvalue weighted by molar-refractivity contribution is 0.610. The van der Waals surface area contributed by atoms with Gasteiger partial charge >= 0.3 is 0 Å². The van der Waals surface area contributed by atoms with Gasteiger partial charge in [0.25, 0.3) is 0 Å². The van der Waals surface area contributed by atoms with Gasteiger partial charge in [-0.2, -0.15) is 0 Å². The SMILES string of the molecule is NC(Cc1ccc(Br)s1)c1cccc(F)c1Br. The molecule has 2 N–H and O–H groups in total. The quantitative estimate of drug-likeness (QED) is 0.826. The van der Waals surface area contributed by atoms with Gasteiger partial charge in [-0.1, -0.05) is 12.1 Å². The van der Waals surface area contributed by atoms with E-state index in [4.69, 9.17) is 5.73 Å². The molecule has 0 spiro atoms. The van der Waals surface area contributed by atoms with Crippen LogP contribution in [0.4, 0.5) is 4.39 Å². The predicted molar refractivity (Wildman–Crippen MR) is 76.8 cm³/mol. The average molecular weight is 379 g/mol. The predicted octanol–water partition coefficient (Wildman–Crippen LogP) is 4.65. The van der Waals surface area contributed by atoms with Crippen molar-refractivity contribution in [1.82, 2.24) is 0 Å². The summed E-state index contributed by atoms with van der Waals surface area (Å²) in [6.07, 6.45) is 0.707. The van der Waals surface area contributed by atoms with Gasteiger partial charge in [0, 0.05) is 17.3 Å². The molecule has 5 heteroatoms. The fourth-order valence-electron chi connectivity index (χ4n) is 1.59. The van der Waals surface area contributed by atoms with Gasteiger partial charge < -0.3 is 5.73 Å². The van der Waals surface area contributed by atoms with Crippen LogP contribution in [0, 0.1) is 5.82 Å². The highest BCUT2D eigenvalue weighted by Crippen LogP contribution is 2.30. The Morgan fingerprint density at radius 2 is 2.00 bits per heavy atom. The topological polar surface area (TPSA) is 26.0 Å². The van der Waals surface area contributed by atoms with Crippen molar-refractivity contribution in [3.63, 3.8) is 0 Å².